The third kappa shape index (κ3) is 16.6. The van der Waals surface area contributed by atoms with Gasteiger partial charge in [-0.3, -0.25) is 28.8 Å². The van der Waals surface area contributed by atoms with Crippen molar-refractivity contribution >= 4 is 35.5 Å². The van der Waals surface area contributed by atoms with Gasteiger partial charge in [0.05, 0.1) is 37.1 Å². The van der Waals surface area contributed by atoms with Crippen LogP contribution < -0.4 is 26.6 Å². The van der Waals surface area contributed by atoms with Gasteiger partial charge in [0.1, 0.15) is 18.1 Å². The van der Waals surface area contributed by atoms with Crippen LogP contribution in [0.15, 0.2) is 0 Å². The van der Waals surface area contributed by atoms with Crippen molar-refractivity contribution < 1.29 is 44.1 Å². The normalized spacial score (nSPS) is 16.3. The topological polar surface area (TPSA) is 223 Å². The first kappa shape index (κ1) is 41.7. The average Bonchev–Trinajstić information content (AvgIpc) is 2.87. The number of aliphatic carboxylic acids is 1. The Morgan fingerprint density at radius 1 is 0.556 bits per heavy atom. The number of carbonyl (C=O) groups is 6. The fraction of sp³-hybridized carbons (Fsp3) is 0.806. The molecule has 8 N–H and O–H groups in total. The van der Waals surface area contributed by atoms with Crippen LogP contribution in [0.2, 0.25) is 0 Å². The summed E-state index contributed by atoms with van der Waals surface area (Å²) in [7, 11) is 0. The van der Waals surface area contributed by atoms with Gasteiger partial charge in [-0.1, -0.05) is 55.4 Å². The zero-order valence-corrected chi connectivity index (χ0v) is 28.5. The van der Waals surface area contributed by atoms with Crippen molar-refractivity contribution in [2.24, 2.45) is 23.7 Å². The largest absolute Gasteiger partial charge is 0.481 e. The third-order valence-corrected chi connectivity index (χ3v) is 7.14. The van der Waals surface area contributed by atoms with Crippen molar-refractivity contribution in [3.8, 4) is 0 Å². The SMILES string of the molecule is CC(=O)N[C@@H](C(=O)N[C@@H](C(=O)N[C@H](CC(C)C)[C@H](O)CC(=O)N[C@H](C)C(=O)N[C@@H](CC(C)C)[C@@H](O)CC(=O)O)C(C)C)C(C)C. The molecule has 0 aromatic rings. The van der Waals surface area contributed by atoms with Gasteiger partial charge in [0.2, 0.25) is 29.5 Å². The van der Waals surface area contributed by atoms with E-state index in [-0.39, 0.29) is 29.6 Å². The zero-order valence-electron chi connectivity index (χ0n) is 28.5. The molecule has 0 bridgehead atoms. The van der Waals surface area contributed by atoms with E-state index >= 15 is 0 Å². The van der Waals surface area contributed by atoms with Crippen LogP contribution >= 0.6 is 0 Å². The van der Waals surface area contributed by atoms with Gasteiger partial charge in [-0.05, 0) is 43.4 Å². The number of aliphatic hydroxyl groups excluding tert-OH is 2. The monoisotopic (exact) mass is 643 g/mol. The molecule has 14 nitrogen and oxygen atoms in total. The number of carboxylic acids is 1. The lowest BCUT2D eigenvalue weighted by Crippen LogP contribution is -2.59. The van der Waals surface area contributed by atoms with Crippen LogP contribution in [0.3, 0.4) is 0 Å². The molecule has 0 saturated heterocycles. The number of amides is 5. The molecule has 260 valence electrons. The Kier molecular flexibility index (Phi) is 18.5. The maximum Gasteiger partial charge on any atom is 0.306 e. The lowest BCUT2D eigenvalue weighted by atomic mass is 9.95. The van der Waals surface area contributed by atoms with Crippen LogP contribution in [0.4, 0.5) is 0 Å². The Balaban J connectivity index is 5.54. The summed E-state index contributed by atoms with van der Waals surface area (Å²) in [5, 5.41) is 43.5. The van der Waals surface area contributed by atoms with Crippen molar-refractivity contribution in [3.05, 3.63) is 0 Å². The maximum absolute atomic E-state index is 13.3. The number of hydrogen-bond donors (Lipinski definition) is 8. The van der Waals surface area contributed by atoms with Gasteiger partial charge in [0, 0.05) is 6.92 Å². The highest BCUT2D eigenvalue weighted by Gasteiger charge is 2.33. The number of carboxylic acid groups (broad SMARTS) is 1. The third-order valence-electron chi connectivity index (χ3n) is 7.14. The minimum atomic E-state index is -1.33. The molecule has 0 aliphatic rings. The molecule has 0 fully saturated rings. The van der Waals surface area contributed by atoms with E-state index in [2.05, 4.69) is 26.6 Å². The smallest absolute Gasteiger partial charge is 0.306 e. The van der Waals surface area contributed by atoms with Crippen molar-refractivity contribution in [3.63, 3.8) is 0 Å². The van der Waals surface area contributed by atoms with E-state index in [1.165, 1.54) is 13.8 Å². The van der Waals surface area contributed by atoms with Gasteiger partial charge in [-0.2, -0.15) is 0 Å². The van der Waals surface area contributed by atoms with Gasteiger partial charge in [0.15, 0.2) is 0 Å². The molecule has 0 aliphatic carbocycles. The first-order valence-corrected chi connectivity index (χ1v) is 15.7. The molecule has 0 aromatic carbocycles. The molecule has 0 aliphatic heterocycles. The quantitative estimate of drug-likeness (QED) is 0.0920. The molecule has 5 amide bonds. The first-order chi connectivity index (χ1) is 20.7. The molecular formula is C31H57N5O9. The van der Waals surface area contributed by atoms with E-state index in [4.69, 9.17) is 5.11 Å². The number of rotatable bonds is 20. The molecule has 0 radical (unpaired) electrons. The lowest BCUT2D eigenvalue weighted by molar-refractivity contribution is -0.140. The van der Waals surface area contributed by atoms with Crippen molar-refractivity contribution in [1.82, 2.24) is 26.6 Å². The van der Waals surface area contributed by atoms with Gasteiger partial charge in [0.25, 0.3) is 0 Å². The fourth-order valence-electron chi connectivity index (χ4n) is 4.77. The molecule has 0 spiro atoms. The summed E-state index contributed by atoms with van der Waals surface area (Å²) in [6.07, 6.45) is -3.01. The zero-order chi connectivity index (χ0) is 35.2. The van der Waals surface area contributed by atoms with E-state index in [9.17, 15) is 39.0 Å². The van der Waals surface area contributed by atoms with Gasteiger partial charge < -0.3 is 41.9 Å². The summed E-state index contributed by atoms with van der Waals surface area (Å²) in [5.41, 5.74) is 0. The average molecular weight is 644 g/mol. The van der Waals surface area contributed by atoms with Crippen molar-refractivity contribution in [2.45, 2.75) is 137 Å². The molecule has 0 heterocycles. The number of nitrogens with one attached hydrogen (secondary N) is 5. The van der Waals surface area contributed by atoms with E-state index < -0.39 is 84.9 Å². The van der Waals surface area contributed by atoms with Crippen LogP contribution in [-0.4, -0.2) is 93.2 Å². The first-order valence-electron chi connectivity index (χ1n) is 15.7. The Morgan fingerprint density at radius 2 is 0.956 bits per heavy atom. The van der Waals surface area contributed by atoms with Gasteiger partial charge in [-0.25, -0.2) is 0 Å². The Morgan fingerprint density at radius 3 is 1.36 bits per heavy atom. The standard InChI is InChI=1S/C31H57N5O9/c1-15(2)11-21(35-30(44)28(18(7)8)36-31(45)27(17(5)6)33-20(10)37)23(38)13-25(40)32-19(9)29(43)34-22(12-16(3)4)24(39)14-26(41)42/h15-19,21-24,27-28,38-39H,11-14H2,1-10H3,(H,32,40)(H,33,37)(H,34,43)(H,35,44)(H,36,45)(H,41,42)/t19-,21-,22+,23-,24+,27-,28-/m1/s1. The molecule has 0 aromatic heterocycles. The van der Waals surface area contributed by atoms with Crippen LogP contribution in [-0.2, 0) is 28.8 Å². The Bertz CT molecular complexity index is 1000. The summed E-state index contributed by atoms with van der Waals surface area (Å²) in [6.45, 7) is 17.2. The van der Waals surface area contributed by atoms with Gasteiger partial charge in [-0.15, -0.1) is 0 Å². The van der Waals surface area contributed by atoms with Crippen LogP contribution in [0.1, 0.15) is 94.9 Å². The second-order valence-electron chi connectivity index (χ2n) is 13.4. The minimum Gasteiger partial charge on any atom is -0.481 e. The Hall–Kier alpha value is -3.26. The summed E-state index contributed by atoms with van der Waals surface area (Å²) in [4.78, 5) is 74.6. The highest BCUT2D eigenvalue weighted by atomic mass is 16.4. The highest BCUT2D eigenvalue weighted by molar-refractivity contribution is 5.92. The lowest BCUT2D eigenvalue weighted by Gasteiger charge is -2.31. The molecular weight excluding hydrogens is 586 g/mol. The summed E-state index contributed by atoms with van der Waals surface area (Å²) in [5.74, 6) is -4.48. The predicted molar refractivity (Wildman–Crippen MR) is 168 cm³/mol. The molecule has 0 unspecified atom stereocenters. The van der Waals surface area contributed by atoms with E-state index in [1.54, 1.807) is 27.7 Å². The van der Waals surface area contributed by atoms with Gasteiger partial charge >= 0.3 is 5.97 Å². The minimum absolute atomic E-state index is 0.0185. The highest BCUT2D eigenvalue weighted by Crippen LogP contribution is 2.14. The molecule has 14 heteroatoms. The number of aliphatic hydroxyl groups is 2. The van der Waals surface area contributed by atoms with Crippen LogP contribution in [0.5, 0.6) is 0 Å². The second kappa shape index (κ2) is 20.0. The molecule has 0 rings (SSSR count). The maximum atomic E-state index is 13.3. The fourth-order valence-corrected chi connectivity index (χ4v) is 4.77. The number of carbonyl (C=O) groups excluding carboxylic acids is 5. The summed E-state index contributed by atoms with van der Waals surface area (Å²) >= 11 is 0. The van der Waals surface area contributed by atoms with E-state index in [0.717, 1.165) is 0 Å². The van der Waals surface area contributed by atoms with Crippen LogP contribution in [0, 0.1) is 23.7 Å². The van der Waals surface area contributed by atoms with Crippen molar-refractivity contribution in [1.29, 1.82) is 0 Å². The van der Waals surface area contributed by atoms with Crippen molar-refractivity contribution in [2.75, 3.05) is 0 Å². The predicted octanol–water partition coefficient (Wildman–Crippen LogP) is 0.441. The molecule has 7 atom stereocenters. The summed E-state index contributed by atoms with van der Waals surface area (Å²) < 4.78 is 0. The van der Waals surface area contributed by atoms with E-state index in [1.807, 2.05) is 27.7 Å². The second-order valence-corrected chi connectivity index (χ2v) is 13.4. The summed E-state index contributed by atoms with van der Waals surface area (Å²) in [6, 6.07) is -4.59. The van der Waals surface area contributed by atoms with E-state index in [0.29, 0.717) is 12.8 Å². The molecule has 45 heavy (non-hydrogen) atoms. The molecule has 0 saturated carbocycles. The number of hydrogen-bond acceptors (Lipinski definition) is 8. The van der Waals surface area contributed by atoms with Crippen LogP contribution in [0.25, 0.3) is 0 Å². The Labute approximate surface area is 267 Å².